The highest BCUT2D eigenvalue weighted by Gasteiger charge is 2.35. The Morgan fingerprint density at radius 2 is 1.89 bits per heavy atom. The fourth-order valence-corrected chi connectivity index (χ4v) is 4.00. The van der Waals surface area contributed by atoms with E-state index < -0.39 is 5.97 Å². The molecule has 2 aliphatic rings. The average molecular weight is 268 g/mol. The van der Waals surface area contributed by atoms with E-state index in [0.717, 1.165) is 19.5 Å². The van der Waals surface area contributed by atoms with Crippen molar-refractivity contribution >= 4 is 5.97 Å². The maximum atomic E-state index is 10.9. The number of carboxylic acids is 1. The highest BCUT2D eigenvalue weighted by Crippen LogP contribution is 2.29. The SMILES string of the molecule is CC1CN(C)CC(CCC(=O)O)N1C1CCCCC1. The van der Waals surface area contributed by atoms with E-state index >= 15 is 0 Å². The van der Waals surface area contributed by atoms with Gasteiger partial charge in [-0.3, -0.25) is 9.69 Å². The maximum absolute atomic E-state index is 10.9. The molecule has 0 aromatic carbocycles. The minimum Gasteiger partial charge on any atom is -0.481 e. The summed E-state index contributed by atoms with van der Waals surface area (Å²) in [4.78, 5) is 15.9. The highest BCUT2D eigenvalue weighted by molar-refractivity contribution is 5.66. The van der Waals surface area contributed by atoms with Crippen LogP contribution in [0.25, 0.3) is 0 Å². The summed E-state index contributed by atoms with van der Waals surface area (Å²) >= 11 is 0. The van der Waals surface area contributed by atoms with Gasteiger partial charge in [-0.2, -0.15) is 0 Å². The third-order valence-corrected chi connectivity index (χ3v) is 4.72. The number of hydrogen-bond acceptors (Lipinski definition) is 3. The molecule has 0 aromatic rings. The number of likely N-dealkylation sites (N-methyl/N-ethyl adjacent to an activating group) is 1. The van der Waals surface area contributed by atoms with E-state index in [1.54, 1.807) is 0 Å². The van der Waals surface area contributed by atoms with E-state index in [1.807, 2.05) is 0 Å². The fourth-order valence-electron chi connectivity index (χ4n) is 4.00. The Balaban J connectivity index is 2.02. The third kappa shape index (κ3) is 3.93. The first-order valence-electron chi connectivity index (χ1n) is 7.75. The van der Waals surface area contributed by atoms with Gasteiger partial charge in [0.2, 0.25) is 0 Å². The molecule has 2 unspecified atom stereocenters. The summed E-state index contributed by atoms with van der Waals surface area (Å²) in [5, 5.41) is 8.94. The Hall–Kier alpha value is -0.610. The first-order chi connectivity index (χ1) is 9.08. The second-order valence-electron chi connectivity index (χ2n) is 6.40. The zero-order valence-electron chi connectivity index (χ0n) is 12.3. The maximum Gasteiger partial charge on any atom is 0.303 e. The molecule has 19 heavy (non-hydrogen) atoms. The van der Waals surface area contributed by atoms with Crippen LogP contribution in [0.3, 0.4) is 0 Å². The average Bonchev–Trinajstić information content (AvgIpc) is 2.36. The van der Waals surface area contributed by atoms with Crippen LogP contribution in [0, 0.1) is 0 Å². The van der Waals surface area contributed by atoms with Crippen molar-refractivity contribution < 1.29 is 9.90 Å². The topological polar surface area (TPSA) is 43.8 Å². The van der Waals surface area contributed by atoms with Gasteiger partial charge in [0.05, 0.1) is 0 Å². The van der Waals surface area contributed by atoms with Crippen LogP contribution >= 0.6 is 0 Å². The number of carbonyl (C=O) groups is 1. The predicted molar refractivity (Wildman–Crippen MR) is 76.3 cm³/mol. The Morgan fingerprint density at radius 3 is 2.53 bits per heavy atom. The minimum absolute atomic E-state index is 0.300. The molecule has 0 aromatic heterocycles. The Kier molecular flexibility index (Phi) is 5.22. The Labute approximate surface area is 116 Å². The van der Waals surface area contributed by atoms with E-state index in [9.17, 15) is 4.79 Å². The number of piperazine rings is 1. The summed E-state index contributed by atoms with van der Waals surface area (Å²) in [6, 6.07) is 1.67. The van der Waals surface area contributed by atoms with Crippen molar-refractivity contribution in [3.8, 4) is 0 Å². The molecule has 1 saturated heterocycles. The lowest BCUT2D eigenvalue weighted by Gasteiger charge is -2.49. The molecule has 2 rings (SSSR count). The molecule has 1 aliphatic carbocycles. The van der Waals surface area contributed by atoms with Crippen molar-refractivity contribution in [1.82, 2.24) is 9.80 Å². The van der Waals surface area contributed by atoms with Crippen molar-refractivity contribution in [3.63, 3.8) is 0 Å². The molecular formula is C15H28N2O2. The largest absolute Gasteiger partial charge is 0.481 e. The van der Waals surface area contributed by atoms with Crippen molar-refractivity contribution in [3.05, 3.63) is 0 Å². The standard InChI is InChI=1S/C15H28N2O2/c1-12-10-16(2)11-14(8-9-15(18)19)17(12)13-6-4-3-5-7-13/h12-14H,3-11H2,1-2H3,(H,18,19). The van der Waals surface area contributed by atoms with Crippen LogP contribution in [0.4, 0.5) is 0 Å². The van der Waals surface area contributed by atoms with E-state index in [-0.39, 0.29) is 0 Å². The van der Waals surface area contributed by atoms with Crippen LogP contribution in [0.2, 0.25) is 0 Å². The molecule has 2 atom stereocenters. The summed E-state index contributed by atoms with van der Waals surface area (Å²) in [5.41, 5.74) is 0. The van der Waals surface area contributed by atoms with Gasteiger partial charge in [-0.15, -0.1) is 0 Å². The van der Waals surface area contributed by atoms with Gasteiger partial charge in [0.15, 0.2) is 0 Å². The lowest BCUT2D eigenvalue weighted by Crippen LogP contribution is -2.60. The van der Waals surface area contributed by atoms with Crippen LogP contribution in [-0.2, 0) is 4.79 Å². The zero-order chi connectivity index (χ0) is 13.8. The van der Waals surface area contributed by atoms with Gasteiger partial charge in [0.25, 0.3) is 0 Å². The second kappa shape index (κ2) is 6.71. The van der Waals surface area contributed by atoms with Crippen molar-refractivity contribution in [2.45, 2.75) is 70.0 Å². The normalized spacial score (nSPS) is 31.5. The summed E-state index contributed by atoms with van der Waals surface area (Å²) in [6.45, 7) is 4.44. The molecule has 1 N–H and O–H groups in total. The van der Waals surface area contributed by atoms with Crippen molar-refractivity contribution in [1.29, 1.82) is 0 Å². The van der Waals surface area contributed by atoms with E-state index in [2.05, 4.69) is 23.8 Å². The zero-order valence-corrected chi connectivity index (χ0v) is 12.3. The molecule has 1 saturated carbocycles. The molecule has 4 heteroatoms. The van der Waals surface area contributed by atoms with Crippen molar-refractivity contribution in [2.24, 2.45) is 0 Å². The quantitative estimate of drug-likeness (QED) is 0.849. The van der Waals surface area contributed by atoms with Crippen LogP contribution in [0.15, 0.2) is 0 Å². The van der Waals surface area contributed by atoms with E-state index in [0.29, 0.717) is 24.5 Å². The number of carboxylic acid groups (broad SMARTS) is 1. The van der Waals surface area contributed by atoms with E-state index in [1.165, 1.54) is 32.1 Å². The monoisotopic (exact) mass is 268 g/mol. The third-order valence-electron chi connectivity index (χ3n) is 4.72. The lowest BCUT2D eigenvalue weighted by atomic mass is 9.90. The summed E-state index contributed by atoms with van der Waals surface area (Å²) in [6.07, 6.45) is 7.76. The smallest absolute Gasteiger partial charge is 0.303 e. The number of aliphatic carboxylic acids is 1. The first-order valence-corrected chi connectivity index (χ1v) is 7.75. The first kappa shape index (κ1) is 14.8. The van der Waals surface area contributed by atoms with Crippen LogP contribution in [-0.4, -0.2) is 59.1 Å². The molecule has 1 heterocycles. The van der Waals surface area contributed by atoms with Gasteiger partial charge in [-0.1, -0.05) is 19.3 Å². The molecule has 4 nitrogen and oxygen atoms in total. The molecule has 1 aliphatic heterocycles. The molecule has 110 valence electrons. The number of rotatable bonds is 4. The summed E-state index contributed by atoms with van der Waals surface area (Å²) in [5.74, 6) is -0.663. The van der Waals surface area contributed by atoms with Gasteiger partial charge in [-0.25, -0.2) is 0 Å². The number of nitrogens with zero attached hydrogens (tertiary/aromatic N) is 2. The molecule has 0 spiro atoms. The van der Waals surface area contributed by atoms with Gasteiger partial charge in [0.1, 0.15) is 0 Å². The summed E-state index contributed by atoms with van der Waals surface area (Å²) in [7, 11) is 2.16. The molecule has 0 amide bonds. The number of hydrogen-bond donors (Lipinski definition) is 1. The van der Waals surface area contributed by atoms with Crippen LogP contribution in [0.5, 0.6) is 0 Å². The van der Waals surface area contributed by atoms with Crippen LogP contribution < -0.4 is 0 Å². The fraction of sp³-hybridized carbons (Fsp3) is 0.933. The Bertz CT molecular complexity index is 303. The molecule has 2 fully saturated rings. The predicted octanol–water partition coefficient (Wildman–Crippen LogP) is 2.19. The Morgan fingerprint density at radius 1 is 1.21 bits per heavy atom. The molecular weight excluding hydrogens is 240 g/mol. The van der Waals surface area contributed by atoms with E-state index in [4.69, 9.17) is 5.11 Å². The van der Waals surface area contributed by atoms with Gasteiger partial charge in [-0.05, 0) is 33.2 Å². The van der Waals surface area contributed by atoms with Gasteiger partial charge < -0.3 is 10.0 Å². The minimum atomic E-state index is -0.663. The summed E-state index contributed by atoms with van der Waals surface area (Å²) < 4.78 is 0. The van der Waals surface area contributed by atoms with Crippen molar-refractivity contribution in [2.75, 3.05) is 20.1 Å². The molecule has 0 bridgehead atoms. The second-order valence-corrected chi connectivity index (χ2v) is 6.40. The highest BCUT2D eigenvalue weighted by atomic mass is 16.4. The lowest BCUT2D eigenvalue weighted by molar-refractivity contribution is -0.137. The van der Waals surface area contributed by atoms with Crippen LogP contribution in [0.1, 0.15) is 51.9 Å². The molecule has 0 radical (unpaired) electrons. The van der Waals surface area contributed by atoms with Gasteiger partial charge >= 0.3 is 5.97 Å². The van der Waals surface area contributed by atoms with Gasteiger partial charge in [0, 0.05) is 37.6 Å².